The molecule has 11 heavy (non-hydrogen) atoms. The first-order valence-corrected chi connectivity index (χ1v) is 4.05. The monoisotopic (exact) mass is 152 g/mol. The van der Waals surface area contributed by atoms with E-state index in [1.807, 2.05) is 17.9 Å². The highest BCUT2D eigenvalue weighted by molar-refractivity contribution is 5.15. The van der Waals surface area contributed by atoms with Crippen molar-refractivity contribution in [2.75, 3.05) is 0 Å². The maximum absolute atomic E-state index is 4.15. The molecule has 2 heteroatoms. The molecule has 1 heterocycles. The molecule has 0 bridgehead atoms. The molecule has 0 saturated carbocycles. The summed E-state index contributed by atoms with van der Waals surface area (Å²) in [5.41, 5.74) is 1.59. The lowest BCUT2D eigenvalue weighted by atomic mass is 9.84. The average Bonchev–Trinajstić information content (AvgIpc) is 2.36. The molecule has 0 saturated heterocycles. The van der Waals surface area contributed by atoms with E-state index in [1.54, 1.807) is 0 Å². The summed E-state index contributed by atoms with van der Waals surface area (Å²) in [5.74, 6) is 0. The standard InChI is InChI=1S/C9H16N2/c1-5-9(2,3)8-6-10-11(4)7-8/h6-7H,5H2,1-4H3. The second-order valence-electron chi connectivity index (χ2n) is 3.64. The summed E-state index contributed by atoms with van der Waals surface area (Å²) < 4.78 is 1.85. The summed E-state index contributed by atoms with van der Waals surface area (Å²) in [7, 11) is 1.95. The second-order valence-corrected chi connectivity index (χ2v) is 3.64. The summed E-state index contributed by atoms with van der Waals surface area (Å²) in [6.07, 6.45) is 5.19. The van der Waals surface area contributed by atoms with Gasteiger partial charge in [-0.3, -0.25) is 4.68 Å². The molecule has 1 rings (SSSR count). The van der Waals surface area contributed by atoms with Crippen molar-refractivity contribution in [3.8, 4) is 0 Å². The van der Waals surface area contributed by atoms with Crippen molar-refractivity contribution in [2.45, 2.75) is 32.6 Å². The lowest BCUT2D eigenvalue weighted by molar-refractivity contribution is 0.505. The van der Waals surface area contributed by atoms with E-state index in [2.05, 4.69) is 32.1 Å². The van der Waals surface area contributed by atoms with Crippen molar-refractivity contribution in [3.63, 3.8) is 0 Å². The first-order valence-electron chi connectivity index (χ1n) is 4.05. The minimum Gasteiger partial charge on any atom is -0.276 e. The molecule has 1 aromatic heterocycles. The Bertz CT molecular complexity index is 235. The van der Waals surface area contributed by atoms with Crippen LogP contribution in [0.2, 0.25) is 0 Å². The van der Waals surface area contributed by atoms with E-state index in [-0.39, 0.29) is 5.41 Å². The van der Waals surface area contributed by atoms with Gasteiger partial charge in [-0.25, -0.2) is 0 Å². The van der Waals surface area contributed by atoms with Crippen molar-refractivity contribution in [3.05, 3.63) is 18.0 Å². The number of nitrogens with zero attached hydrogens (tertiary/aromatic N) is 2. The minimum atomic E-state index is 0.272. The van der Waals surface area contributed by atoms with Crippen molar-refractivity contribution in [2.24, 2.45) is 7.05 Å². The summed E-state index contributed by atoms with van der Waals surface area (Å²) in [4.78, 5) is 0. The van der Waals surface area contributed by atoms with Crippen LogP contribution in [0.3, 0.4) is 0 Å². The third-order valence-electron chi connectivity index (χ3n) is 2.37. The van der Waals surface area contributed by atoms with Crippen LogP contribution in [0.1, 0.15) is 32.8 Å². The number of aromatic nitrogens is 2. The van der Waals surface area contributed by atoms with Gasteiger partial charge in [0.15, 0.2) is 0 Å². The van der Waals surface area contributed by atoms with Gasteiger partial charge in [0, 0.05) is 13.2 Å². The highest BCUT2D eigenvalue weighted by Crippen LogP contribution is 2.25. The van der Waals surface area contributed by atoms with Gasteiger partial charge >= 0.3 is 0 Å². The van der Waals surface area contributed by atoms with E-state index in [0.29, 0.717) is 0 Å². The van der Waals surface area contributed by atoms with Crippen LogP contribution < -0.4 is 0 Å². The molecule has 0 atom stereocenters. The zero-order valence-corrected chi connectivity index (χ0v) is 7.76. The predicted octanol–water partition coefficient (Wildman–Crippen LogP) is 2.11. The average molecular weight is 152 g/mol. The van der Waals surface area contributed by atoms with E-state index < -0.39 is 0 Å². The number of hydrogen-bond acceptors (Lipinski definition) is 1. The molecule has 0 aliphatic heterocycles. The quantitative estimate of drug-likeness (QED) is 0.634. The zero-order valence-electron chi connectivity index (χ0n) is 7.76. The first-order chi connectivity index (χ1) is 5.06. The molecule has 0 fully saturated rings. The van der Waals surface area contributed by atoms with Gasteiger partial charge in [0.2, 0.25) is 0 Å². The number of aryl methyl sites for hydroxylation is 1. The van der Waals surface area contributed by atoms with Gasteiger partial charge in [-0.05, 0) is 17.4 Å². The van der Waals surface area contributed by atoms with Crippen LogP contribution >= 0.6 is 0 Å². The molecule has 0 aliphatic carbocycles. The van der Waals surface area contributed by atoms with Gasteiger partial charge in [0.25, 0.3) is 0 Å². The summed E-state index contributed by atoms with van der Waals surface area (Å²) >= 11 is 0. The van der Waals surface area contributed by atoms with Crippen LogP contribution in [0.4, 0.5) is 0 Å². The van der Waals surface area contributed by atoms with Gasteiger partial charge in [-0.15, -0.1) is 0 Å². The third kappa shape index (κ3) is 1.62. The Kier molecular flexibility index (Phi) is 2.03. The fourth-order valence-corrected chi connectivity index (χ4v) is 0.975. The topological polar surface area (TPSA) is 17.8 Å². The van der Waals surface area contributed by atoms with Crippen molar-refractivity contribution >= 4 is 0 Å². The Balaban J connectivity index is 2.92. The fraction of sp³-hybridized carbons (Fsp3) is 0.667. The summed E-state index contributed by atoms with van der Waals surface area (Å²) in [5, 5.41) is 4.15. The van der Waals surface area contributed by atoms with E-state index in [0.717, 1.165) is 6.42 Å². The molecule has 0 aliphatic rings. The van der Waals surface area contributed by atoms with Crippen LogP contribution in [0, 0.1) is 0 Å². The number of hydrogen-bond donors (Lipinski definition) is 0. The first kappa shape index (κ1) is 8.31. The van der Waals surface area contributed by atoms with E-state index in [1.165, 1.54) is 5.56 Å². The van der Waals surface area contributed by atoms with Crippen molar-refractivity contribution in [1.29, 1.82) is 0 Å². The summed E-state index contributed by atoms with van der Waals surface area (Å²) in [6.45, 7) is 6.68. The highest BCUT2D eigenvalue weighted by Gasteiger charge is 2.18. The van der Waals surface area contributed by atoms with Crippen LogP contribution in [0.15, 0.2) is 12.4 Å². The van der Waals surface area contributed by atoms with Gasteiger partial charge < -0.3 is 0 Å². The number of rotatable bonds is 2. The second kappa shape index (κ2) is 2.68. The largest absolute Gasteiger partial charge is 0.276 e. The van der Waals surface area contributed by atoms with E-state index in [4.69, 9.17) is 0 Å². The Morgan fingerprint density at radius 1 is 1.55 bits per heavy atom. The molecule has 2 nitrogen and oxygen atoms in total. The smallest absolute Gasteiger partial charge is 0.0527 e. The Morgan fingerprint density at radius 3 is 2.55 bits per heavy atom. The molecule has 0 aromatic carbocycles. The van der Waals surface area contributed by atoms with E-state index in [9.17, 15) is 0 Å². The lowest BCUT2D eigenvalue weighted by Gasteiger charge is -2.20. The highest BCUT2D eigenvalue weighted by atomic mass is 15.2. The van der Waals surface area contributed by atoms with Crippen LogP contribution in [-0.4, -0.2) is 9.78 Å². The molecule has 0 spiro atoms. The molecular formula is C9H16N2. The molecule has 1 aromatic rings. The maximum atomic E-state index is 4.15. The molecule has 0 unspecified atom stereocenters. The predicted molar refractivity (Wildman–Crippen MR) is 46.5 cm³/mol. The van der Waals surface area contributed by atoms with Crippen molar-refractivity contribution in [1.82, 2.24) is 9.78 Å². The minimum absolute atomic E-state index is 0.272. The molecule has 0 radical (unpaired) electrons. The lowest BCUT2D eigenvalue weighted by Crippen LogP contribution is -2.14. The van der Waals surface area contributed by atoms with Gasteiger partial charge in [0.05, 0.1) is 6.20 Å². The zero-order chi connectivity index (χ0) is 8.48. The van der Waals surface area contributed by atoms with Crippen molar-refractivity contribution < 1.29 is 0 Å². The maximum Gasteiger partial charge on any atom is 0.0527 e. The van der Waals surface area contributed by atoms with Gasteiger partial charge in [-0.1, -0.05) is 20.8 Å². The normalized spacial score (nSPS) is 12.0. The fourth-order valence-electron chi connectivity index (χ4n) is 0.975. The molecule has 0 amide bonds. The van der Waals surface area contributed by atoms with Gasteiger partial charge in [0.1, 0.15) is 0 Å². The Hall–Kier alpha value is -0.790. The van der Waals surface area contributed by atoms with Gasteiger partial charge in [-0.2, -0.15) is 5.10 Å². The van der Waals surface area contributed by atoms with E-state index >= 15 is 0 Å². The Labute approximate surface area is 68.2 Å². The Morgan fingerprint density at radius 2 is 2.18 bits per heavy atom. The molecule has 0 N–H and O–H groups in total. The molecular weight excluding hydrogens is 136 g/mol. The SMILES string of the molecule is CCC(C)(C)c1cnn(C)c1. The van der Waals surface area contributed by atoms with Crippen LogP contribution in [0.5, 0.6) is 0 Å². The summed E-state index contributed by atoms with van der Waals surface area (Å²) in [6, 6.07) is 0. The van der Waals surface area contributed by atoms with Crippen LogP contribution in [-0.2, 0) is 12.5 Å². The third-order valence-corrected chi connectivity index (χ3v) is 2.37. The van der Waals surface area contributed by atoms with Crippen LogP contribution in [0.25, 0.3) is 0 Å². The molecule has 62 valence electrons.